The van der Waals surface area contributed by atoms with Crippen molar-refractivity contribution < 1.29 is 13.2 Å². The van der Waals surface area contributed by atoms with Gasteiger partial charge in [-0.05, 0) is 17.9 Å². The molecule has 6 heteroatoms. The molecule has 0 aliphatic carbocycles. The molecular weight excluding hydrogens is 310 g/mol. The molecule has 21 heavy (non-hydrogen) atoms. The summed E-state index contributed by atoms with van der Waals surface area (Å²) in [6, 6.07) is 12.7. The highest BCUT2D eigenvalue weighted by Crippen LogP contribution is 2.22. The van der Waals surface area contributed by atoms with E-state index in [0.29, 0.717) is 37.0 Å². The van der Waals surface area contributed by atoms with Crippen molar-refractivity contribution in [3.8, 4) is 0 Å². The molecule has 0 aliphatic rings. The van der Waals surface area contributed by atoms with Crippen molar-refractivity contribution in [3.63, 3.8) is 0 Å². The Morgan fingerprint density at radius 2 is 1.81 bits per heavy atom. The number of nitrogens with one attached hydrogen (secondary N) is 1. The van der Waals surface area contributed by atoms with E-state index in [2.05, 4.69) is 4.72 Å². The maximum Gasteiger partial charge on any atom is 0.241 e. The zero-order valence-corrected chi connectivity index (χ0v) is 13.2. The maximum absolute atomic E-state index is 12.4. The molecule has 0 aromatic heterocycles. The molecule has 0 fully saturated rings. The molecule has 2 rings (SSSR count). The third-order valence-electron chi connectivity index (χ3n) is 3.02. The molecule has 0 unspecified atom stereocenters. The molecule has 114 valence electrons. The quantitative estimate of drug-likeness (QED) is 0.599. The van der Waals surface area contributed by atoms with E-state index in [1.807, 2.05) is 30.3 Å². The van der Waals surface area contributed by atoms with Gasteiger partial charge in [0.15, 0.2) is 0 Å². The predicted molar refractivity (Wildman–Crippen MR) is 85.3 cm³/mol. The van der Waals surface area contributed by atoms with Crippen LogP contribution in [0.4, 0.5) is 0 Å². The van der Waals surface area contributed by atoms with Gasteiger partial charge in [-0.2, -0.15) is 0 Å². The lowest BCUT2D eigenvalue weighted by Gasteiger charge is -2.09. The Balaban J connectivity index is 2.05. The van der Waals surface area contributed by atoms with Gasteiger partial charge >= 0.3 is 0 Å². The van der Waals surface area contributed by atoms with Crippen molar-refractivity contribution in [1.82, 2.24) is 4.72 Å². The molecule has 0 amide bonds. The average molecular weight is 328 g/mol. The van der Waals surface area contributed by atoms with Crippen LogP contribution in [-0.4, -0.2) is 34.1 Å². The van der Waals surface area contributed by atoms with Gasteiger partial charge in [0.25, 0.3) is 0 Å². The van der Waals surface area contributed by atoms with E-state index >= 15 is 0 Å². The lowest BCUT2D eigenvalue weighted by molar-refractivity contribution is 0.147. The maximum atomic E-state index is 12.4. The molecule has 0 aliphatic heterocycles. The Morgan fingerprint density at radius 1 is 1.05 bits per heavy atom. The number of hydrogen-bond donors (Lipinski definition) is 1. The van der Waals surface area contributed by atoms with Gasteiger partial charge in [0.1, 0.15) is 0 Å². The summed E-state index contributed by atoms with van der Waals surface area (Å²) >= 11 is 5.49. The Kier molecular flexibility index (Phi) is 5.99. The van der Waals surface area contributed by atoms with Crippen LogP contribution >= 0.6 is 11.6 Å². The van der Waals surface area contributed by atoms with Crippen LogP contribution in [0.3, 0.4) is 0 Å². The molecule has 2 aromatic rings. The Labute approximate surface area is 130 Å². The second kappa shape index (κ2) is 7.75. The lowest BCUT2D eigenvalue weighted by atomic mass is 10.1. The minimum absolute atomic E-state index is 0.308. The first-order valence-electron chi connectivity index (χ1n) is 6.76. The minimum atomic E-state index is -3.51. The summed E-state index contributed by atoms with van der Waals surface area (Å²) in [6.07, 6.45) is 0.612. The van der Waals surface area contributed by atoms with E-state index in [1.165, 1.54) is 0 Å². The van der Waals surface area contributed by atoms with Gasteiger partial charge in [-0.1, -0.05) is 36.4 Å². The highest BCUT2D eigenvalue weighted by Gasteiger charge is 2.16. The number of benzene rings is 2. The topological polar surface area (TPSA) is 55.4 Å². The van der Waals surface area contributed by atoms with E-state index in [1.54, 1.807) is 12.1 Å². The molecular formula is C15H18ClNO3S. The van der Waals surface area contributed by atoms with Crippen molar-refractivity contribution in [2.75, 3.05) is 25.6 Å². The molecule has 0 bridgehead atoms. The number of sulfonamides is 1. The van der Waals surface area contributed by atoms with Crippen molar-refractivity contribution in [3.05, 3.63) is 42.5 Å². The second-order valence-corrected chi connectivity index (χ2v) is 6.64. The summed E-state index contributed by atoms with van der Waals surface area (Å²) in [7, 11) is -3.51. The van der Waals surface area contributed by atoms with Crippen molar-refractivity contribution in [2.45, 2.75) is 11.3 Å². The highest BCUT2D eigenvalue weighted by molar-refractivity contribution is 7.89. The molecule has 2 aromatic carbocycles. The van der Waals surface area contributed by atoms with Crippen LogP contribution in [0.25, 0.3) is 10.8 Å². The largest absolute Gasteiger partial charge is 0.380 e. The molecule has 0 atom stereocenters. The third kappa shape index (κ3) is 4.41. The minimum Gasteiger partial charge on any atom is -0.380 e. The molecule has 1 N–H and O–H groups in total. The smallest absolute Gasteiger partial charge is 0.241 e. The first kappa shape index (κ1) is 16.2. The summed E-state index contributed by atoms with van der Waals surface area (Å²) in [5.74, 6) is 0.446. The van der Waals surface area contributed by atoms with E-state index in [0.717, 1.165) is 10.8 Å². The van der Waals surface area contributed by atoms with Crippen LogP contribution in [0.5, 0.6) is 0 Å². The summed E-state index contributed by atoms with van der Waals surface area (Å²) in [4.78, 5) is 0.308. The Bertz CT molecular complexity index is 683. The van der Waals surface area contributed by atoms with Crippen LogP contribution in [-0.2, 0) is 14.8 Å². The van der Waals surface area contributed by atoms with Gasteiger partial charge in [0, 0.05) is 24.4 Å². The average Bonchev–Trinajstić information content (AvgIpc) is 2.50. The lowest BCUT2D eigenvalue weighted by Crippen LogP contribution is -2.25. The summed E-state index contributed by atoms with van der Waals surface area (Å²) < 4.78 is 32.5. The highest BCUT2D eigenvalue weighted by atomic mass is 35.5. The molecule has 0 radical (unpaired) electrons. The number of rotatable bonds is 8. The van der Waals surface area contributed by atoms with E-state index < -0.39 is 10.0 Å². The van der Waals surface area contributed by atoms with Crippen LogP contribution in [0.2, 0.25) is 0 Å². The van der Waals surface area contributed by atoms with Gasteiger partial charge in [-0.15, -0.1) is 11.6 Å². The zero-order chi connectivity index (χ0) is 15.1. The summed E-state index contributed by atoms with van der Waals surface area (Å²) in [5.41, 5.74) is 0. The molecule has 0 heterocycles. The van der Waals surface area contributed by atoms with Crippen LogP contribution < -0.4 is 4.72 Å². The third-order valence-corrected chi connectivity index (χ3v) is 4.69. The zero-order valence-electron chi connectivity index (χ0n) is 11.6. The second-order valence-electron chi connectivity index (χ2n) is 4.53. The number of hydrogen-bond acceptors (Lipinski definition) is 3. The number of alkyl halides is 1. The van der Waals surface area contributed by atoms with Gasteiger partial charge in [0.2, 0.25) is 10.0 Å². The van der Waals surface area contributed by atoms with Crippen molar-refractivity contribution >= 4 is 32.4 Å². The molecule has 0 saturated carbocycles. The fraction of sp³-hybridized carbons (Fsp3) is 0.333. The summed E-state index contributed by atoms with van der Waals surface area (Å²) in [5, 5.41) is 1.64. The van der Waals surface area contributed by atoms with Crippen LogP contribution in [0.15, 0.2) is 47.4 Å². The van der Waals surface area contributed by atoms with Crippen molar-refractivity contribution in [2.24, 2.45) is 0 Å². The van der Waals surface area contributed by atoms with Crippen LogP contribution in [0.1, 0.15) is 6.42 Å². The van der Waals surface area contributed by atoms with Crippen LogP contribution in [0, 0.1) is 0 Å². The number of ether oxygens (including phenoxy) is 1. The Morgan fingerprint density at radius 3 is 2.62 bits per heavy atom. The van der Waals surface area contributed by atoms with E-state index in [-0.39, 0.29) is 0 Å². The number of fused-ring (bicyclic) bond motifs is 1. The van der Waals surface area contributed by atoms with E-state index in [9.17, 15) is 8.42 Å². The molecule has 0 saturated heterocycles. The van der Waals surface area contributed by atoms with Gasteiger partial charge in [-0.25, -0.2) is 13.1 Å². The number of halogens is 1. The van der Waals surface area contributed by atoms with Gasteiger partial charge in [-0.3, -0.25) is 0 Å². The monoisotopic (exact) mass is 327 g/mol. The molecule has 0 spiro atoms. The Hall–Kier alpha value is -1.14. The first-order chi connectivity index (χ1) is 10.1. The summed E-state index contributed by atoms with van der Waals surface area (Å²) in [6.45, 7) is 1.32. The van der Waals surface area contributed by atoms with E-state index in [4.69, 9.17) is 16.3 Å². The standard InChI is InChI=1S/C15H18ClNO3S/c16-9-12-20-11-4-10-17-21(18,19)15-8-3-6-13-5-1-2-7-14(13)15/h1-3,5-8,17H,4,9-12H2. The predicted octanol–water partition coefficient (Wildman–Crippen LogP) is 2.76. The van der Waals surface area contributed by atoms with Gasteiger partial charge in [0.05, 0.1) is 11.5 Å². The normalized spacial score (nSPS) is 11.9. The fourth-order valence-electron chi connectivity index (χ4n) is 2.05. The molecule has 4 nitrogen and oxygen atoms in total. The van der Waals surface area contributed by atoms with Gasteiger partial charge < -0.3 is 4.74 Å². The first-order valence-corrected chi connectivity index (χ1v) is 8.78. The van der Waals surface area contributed by atoms with Crippen molar-refractivity contribution in [1.29, 1.82) is 0 Å². The SMILES string of the molecule is O=S(=O)(NCCCOCCCl)c1cccc2ccccc12. The fourth-order valence-corrected chi connectivity index (χ4v) is 3.46.